The largest absolute Gasteiger partial charge is 0.464 e. The number of ether oxygens (including phenoxy) is 3. The zero-order valence-corrected chi connectivity index (χ0v) is 15.3. The van der Waals surface area contributed by atoms with E-state index in [0.717, 1.165) is 5.56 Å². The van der Waals surface area contributed by atoms with E-state index in [-0.39, 0.29) is 11.7 Å². The highest BCUT2D eigenvalue weighted by molar-refractivity contribution is 5.92. The maximum atomic E-state index is 11.6. The Morgan fingerprint density at radius 1 is 1.46 bits per heavy atom. The Kier molecular flexibility index (Phi) is 8.90. The lowest BCUT2D eigenvalue weighted by atomic mass is 10.1. The van der Waals surface area contributed by atoms with Crippen molar-refractivity contribution in [3.8, 4) is 5.75 Å². The molecular weight excluding hydrogens is 338 g/mol. The summed E-state index contributed by atoms with van der Waals surface area (Å²) in [7, 11) is 1.25. The van der Waals surface area contributed by atoms with Crippen LogP contribution in [0.4, 0.5) is 0 Å². The van der Waals surface area contributed by atoms with Crippen LogP contribution in [-0.4, -0.2) is 48.8 Å². The van der Waals surface area contributed by atoms with Crippen molar-refractivity contribution in [3.63, 3.8) is 0 Å². The molecule has 1 atom stereocenters. The van der Waals surface area contributed by atoms with Gasteiger partial charge in [-0.3, -0.25) is 4.98 Å². The normalized spacial score (nSPS) is 13.6. The summed E-state index contributed by atoms with van der Waals surface area (Å²) in [6.07, 6.45) is 6.72. The van der Waals surface area contributed by atoms with Gasteiger partial charge >= 0.3 is 12.0 Å². The molecule has 0 radical (unpaired) electrons. The monoisotopic (exact) mass is 361 g/mol. The molecule has 8 heteroatoms. The second-order valence-corrected chi connectivity index (χ2v) is 4.88. The lowest BCUT2D eigenvalue weighted by molar-refractivity contribution is -0.136. The van der Waals surface area contributed by atoms with Gasteiger partial charge in [0.25, 0.3) is 0 Å². The van der Waals surface area contributed by atoms with E-state index < -0.39 is 12.3 Å². The molecule has 0 aliphatic carbocycles. The molecule has 0 aliphatic heterocycles. The standard InChI is InChI=1S/C18H23N3O5/c1-6-14(17(23)24-5)21-18(19-4)26-15-11-20-10-13(12(15)3)8-9-16(22)25-7-2/h6,8-11,16,22H,4,7H2,1-3,5H3/b9-8+,14-6-,21-18?/t16-/m0/s1. The second-order valence-electron chi connectivity index (χ2n) is 4.88. The van der Waals surface area contributed by atoms with E-state index >= 15 is 0 Å². The number of aliphatic hydroxyl groups is 1. The van der Waals surface area contributed by atoms with Crippen LogP contribution in [0.5, 0.6) is 5.75 Å². The number of aliphatic hydroxyl groups excluding tert-OH is 1. The van der Waals surface area contributed by atoms with E-state index in [4.69, 9.17) is 9.47 Å². The van der Waals surface area contributed by atoms with Crippen LogP contribution in [0, 0.1) is 6.92 Å². The van der Waals surface area contributed by atoms with Gasteiger partial charge in [-0.05, 0) is 39.1 Å². The fourth-order valence-corrected chi connectivity index (χ4v) is 1.83. The number of pyridine rings is 1. The van der Waals surface area contributed by atoms with Gasteiger partial charge in [-0.1, -0.05) is 12.2 Å². The van der Waals surface area contributed by atoms with Crippen LogP contribution < -0.4 is 4.74 Å². The van der Waals surface area contributed by atoms with Crippen molar-refractivity contribution < 1.29 is 24.1 Å². The summed E-state index contributed by atoms with van der Waals surface area (Å²) in [5.41, 5.74) is 1.48. The van der Waals surface area contributed by atoms with Crippen LogP contribution in [0.15, 0.2) is 40.2 Å². The molecule has 1 aromatic rings. The summed E-state index contributed by atoms with van der Waals surface area (Å²) in [5, 5.41) is 9.60. The van der Waals surface area contributed by atoms with Gasteiger partial charge in [-0.25, -0.2) is 9.79 Å². The van der Waals surface area contributed by atoms with E-state index in [1.54, 1.807) is 33.0 Å². The smallest absolute Gasteiger partial charge is 0.356 e. The Hall–Kier alpha value is -2.84. The van der Waals surface area contributed by atoms with Crippen LogP contribution >= 0.6 is 0 Å². The van der Waals surface area contributed by atoms with Gasteiger partial charge in [-0.2, -0.15) is 4.99 Å². The third-order valence-corrected chi connectivity index (χ3v) is 3.21. The number of esters is 1. The van der Waals surface area contributed by atoms with E-state index in [1.807, 2.05) is 0 Å². The van der Waals surface area contributed by atoms with E-state index in [9.17, 15) is 9.90 Å². The van der Waals surface area contributed by atoms with E-state index in [0.29, 0.717) is 17.9 Å². The van der Waals surface area contributed by atoms with Gasteiger partial charge in [0, 0.05) is 18.4 Å². The van der Waals surface area contributed by atoms with Crippen LogP contribution in [-0.2, 0) is 14.3 Å². The highest BCUT2D eigenvalue weighted by atomic mass is 16.6. The molecule has 1 rings (SSSR count). The third-order valence-electron chi connectivity index (χ3n) is 3.21. The number of methoxy groups -OCH3 is 1. The fraction of sp³-hybridized carbons (Fsp3) is 0.333. The van der Waals surface area contributed by atoms with Crippen LogP contribution in [0.2, 0.25) is 0 Å². The molecule has 0 fully saturated rings. The highest BCUT2D eigenvalue weighted by Crippen LogP contribution is 2.22. The molecule has 1 N–H and O–H groups in total. The minimum absolute atomic E-state index is 0.0383. The fourth-order valence-electron chi connectivity index (χ4n) is 1.83. The minimum atomic E-state index is -1.01. The Morgan fingerprint density at radius 3 is 2.77 bits per heavy atom. The number of aliphatic imine (C=N–C) groups is 2. The lowest BCUT2D eigenvalue weighted by Crippen LogP contribution is -2.11. The first-order chi connectivity index (χ1) is 12.5. The second kappa shape index (κ2) is 10.9. The number of hydrogen-bond acceptors (Lipinski definition) is 7. The van der Waals surface area contributed by atoms with Gasteiger partial charge < -0.3 is 19.3 Å². The van der Waals surface area contributed by atoms with Gasteiger partial charge in [0.15, 0.2) is 12.0 Å². The third kappa shape index (κ3) is 6.23. The average Bonchev–Trinajstić information content (AvgIpc) is 2.65. The van der Waals surface area contributed by atoms with Gasteiger partial charge in [-0.15, -0.1) is 0 Å². The zero-order chi connectivity index (χ0) is 19.5. The van der Waals surface area contributed by atoms with Crippen molar-refractivity contribution in [2.24, 2.45) is 9.98 Å². The molecule has 0 saturated carbocycles. The van der Waals surface area contributed by atoms with Crippen molar-refractivity contribution >= 4 is 24.8 Å². The summed E-state index contributed by atoms with van der Waals surface area (Å²) in [4.78, 5) is 23.4. The predicted molar refractivity (Wildman–Crippen MR) is 99.0 cm³/mol. The average molecular weight is 361 g/mol. The van der Waals surface area contributed by atoms with Crippen LogP contribution in [0.25, 0.3) is 6.08 Å². The van der Waals surface area contributed by atoms with Gasteiger partial charge in [0.2, 0.25) is 0 Å². The van der Waals surface area contributed by atoms with E-state index in [2.05, 4.69) is 26.4 Å². The summed E-state index contributed by atoms with van der Waals surface area (Å²) in [5.74, 6) is -0.238. The Bertz CT molecular complexity index is 726. The molecule has 0 aliphatic rings. The summed E-state index contributed by atoms with van der Waals surface area (Å²) in [6.45, 7) is 9.02. The zero-order valence-electron chi connectivity index (χ0n) is 15.3. The molecule has 1 aromatic heterocycles. The highest BCUT2D eigenvalue weighted by Gasteiger charge is 2.12. The first-order valence-electron chi connectivity index (χ1n) is 7.87. The van der Waals surface area contributed by atoms with Gasteiger partial charge in [0.1, 0.15) is 5.70 Å². The Balaban J connectivity index is 3.07. The van der Waals surface area contributed by atoms with Gasteiger partial charge in [0.05, 0.1) is 13.3 Å². The molecule has 0 amide bonds. The number of amidine groups is 1. The SMILES string of the molecule is C=NC(=N/C(=C\C)C(=O)OC)Oc1cncc(/C=C/[C@@H](O)OCC)c1C. The number of rotatable bonds is 7. The summed E-state index contributed by atoms with van der Waals surface area (Å²) >= 11 is 0. The first kappa shape index (κ1) is 21.2. The molecule has 1 heterocycles. The minimum Gasteiger partial charge on any atom is -0.464 e. The molecule has 0 unspecified atom stereocenters. The molecule has 0 spiro atoms. The summed E-state index contributed by atoms with van der Waals surface area (Å²) < 4.78 is 15.3. The quantitative estimate of drug-likeness (QED) is 0.263. The Labute approximate surface area is 152 Å². The van der Waals surface area contributed by atoms with Crippen molar-refractivity contribution in [1.82, 2.24) is 4.98 Å². The lowest BCUT2D eigenvalue weighted by Gasteiger charge is -2.10. The van der Waals surface area contributed by atoms with E-state index in [1.165, 1.54) is 25.5 Å². The first-order valence-corrected chi connectivity index (χ1v) is 7.87. The number of carbonyl (C=O) groups is 1. The van der Waals surface area contributed by atoms with Crippen molar-refractivity contribution in [2.45, 2.75) is 27.1 Å². The number of carbonyl (C=O) groups excluding carboxylic acids is 1. The molecule has 0 aromatic carbocycles. The van der Waals surface area contributed by atoms with Crippen molar-refractivity contribution in [3.05, 3.63) is 41.4 Å². The maximum absolute atomic E-state index is 11.6. The van der Waals surface area contributed by atoms with Crippen molar-refractivity contribution in [2.75, 3.05) is 13.7 Å². The molecule has 0 bridgehead atoms. The number of hydrogen-bond donors (Lipinski definition) is 1. The van der Waals surface area contributed by atoms with Crippen LogP contribution in [0.1, 0.15) is 25.0 Å². The number of nitrogens with zero attached hydrogens (tertiary/aromatic N) is 3. The molecule has 140 valence electrons. The molecule has 0 saturated heterocycles. The predicted octanol–water partition coefficient (Wildman–Crippen LogP) is 2.27. The maximum Gasteiger partial charge on any atom is 0.356 e. The topological polar surface area (TPSA) is 103 Å². The molecular formula is C18H23N3O5. The van der Waals surface area contributed by atoms with Crippen LogP contribution in [0.3, 0.4) is 0 Å². The molecule has 26 heavy (non-hydrogen) atoms. The molecule has 8 nitrogen and oxygen atoms in total. The van der Waals surface area contributed by atoms with Crippen molar-refractivity contribution in [1.29, 1.82) is 0 Å². The Morgan fingerprint density at radius 2 is 2.19 bits per heavy atom. The number of aromatic nitrogens is 1. The summed E-state index contributed by atoms with van der Waals surface area (Å²) in [6, 6.07) is -0.121. The number of allylic oxidation sites excluding steroid dienone is 1.